The lowest BCUT2D eigenvalue weighted by Gasteiger charge is -2.17. The van der Waals surface area contributed by atoms with E-state index in [1.165, 1.54) is 19.9 Å². The molecule has 0 saturated carbocycles. The van der Waals surface area contributed by atoms with Gasteiger partial charge in [0.1, 0.15) is 5.67 Å². The summed E-state index contributed by atoms with van der Waals surface area (Å²) in [6.45, 7) is 3.01. The van der Waals surface area contributed by atoms with E-state index in [0.717, 1.165) is 0 Å². The molecule has 0 aliphatic rings. The highest BCUT2D eigenvalue weighted by molar-refractivity contribution is 6.31. The fourth-order valence-corrected chi connectivity index (χ4v) is 1.60. The van der Waals surface area contributed by atoms with Crippen molar-refractivity contribution in [1.29, 1.82) is 0 Å². The van der Waals surface area contributed by atoms with Crippen molar-refractivity contribution in [2.45, 2.75) is 25.6 Å². The Kier molecular flexibility index (Phi) is 3.71. The number of alkyl halides is 1. The summed E-state index contributed by atoms with van der Waals surface area (Å²) >= 11 is 5.93. The molecule has 1 atom stereocenters. The van der Waals surface area contributed by atoms with Crippen LogP contribution in [0, 0.1) is 0 Å². The summed E-state index contributed by atoms with van der Waals surface area (Å²) in [5.41, 5.74) is 4.90. The molecule has 0 spiro atoms. The van der Waals surface area contributed by atoms with Crippen molar-refractivity contribution in [2.24, 2.45) is 5.73 Å². The summed E-state index contributed by atoms with van der Waals surface area (Å²) in [6, 6.07) is 4.74. The predicted molar refractivity (Wildman–Crippen MR) is 59.6 cm³/mol. The number of aliphatic hydroxyl groups excluding tert-OH is 1. The molecule has 0 aliphatic heterocycles. The lowest BCUT2D eigenvalue weighted by Crippen LogP contribution is -2.13. The van der Waals surface area contributed by atoms with Gasteiger partial charge in [0.05, 0.1) is 6.10 Å². The van der Waals surface area contributed by atoms with E-state index in [9.17, 15) is 9.50 Å². The number of hydrogen-bond acceptors (Lipinski definition) is 2. The van der Waals surface area contributed by atoms with Crippen LogP contribution in [0.25, 0.3) is 0 Å². The fourth-order valence-electron chi connectivity index (χ4n) is 1.29. The first kappa shape index (κ1) is 12.4. The van der Waals surface area contributed by atoms with Gasteiger partial charge < -0.3 is 10.8 Å². The molecule has 0 aromatic heterocycles. The highest BCUT2D eigenvalue weighted by Crippen LogP contribution is 2.30. The zero-order valence-electron chi connectivity index (χ0n) is 8.80. The van der Waals surface area contributed by atoms with Gasteiger partial charge in [-0.05, 0) is 25.5 Å². The number of halogens is 2. The molecule has 2 nitrogen and oxygen atoms in total. The minimum absolute atomic E-state index is 0.0953. The molecule has 0 heterocycles. The summed E-state index contributed by atoms with van der Waals surface area (Å²) in [5.74, 6) is 0. The van der Waals surface area contributed by atoms with E-state index < -0.39 is 11.8 Å². The van der Waals surface area contributed by atoms with E-state index in [4.69, 9.17) is 17.3 Å². The first-order valence-electron chi connectivity index (χ1n) is 4.73. The molecule has 1 rings (SSSR count). The number of nitrogens with two attached hydrogens (primary N) is 1. The normalized spacial score (nSPS) is 14.0. The van der Waals surface area contributed by atoms with Crippen molar-refractivity contribution in [2.75, 3.05) is 6.54 Å². The first-order valence-corrected chi connectivity index (χ1v) is 5.11. The molecule has 0 radical (unpaired) electrons. The van der Waals surface area contributed by atoms with E-state index in [1.54, 1.807) is 12.1 Å². The average molecular weight is 232 g/mol. The van der Waals surface area contributed by atoms with Gasteiger partial charge in [-0.1, -0.05) is 23.7 Å². The van der Waals surface area contributed by atoms with Crippen molar-refractivity contribution >= 4 is 11.6 Å². The van der Waals surface area contributed by atoms with Gasteiger partial charge in [-0.15, -0.1) is 0 Å². The number of rotatable bonds is 3. The molecule has 1 aromatic carbocycles. The maximum atomic E-state index is 13.6. The summed E-state index contributed by atoms with van der Waals surface area (Å²) in [4.78, 5) is 0. The number of hydrogen-bond donors (Lipinski definition) is 2. The maximum Gasteiger partial charge on any atom is 0.130 e. The van der Waals surface area contributed by atoms with Crippen molar-refractivity contribution in [1.82, 2.24) is 0 Å². The Balaban J connectivity index is 3.09. The van der Waals surface area contributed by atoms with Gasteiger partial charge in [-0.25, -0.2) is 4.39 Å². The van der Waals surface area contributed by atoms with E-state index in [1.807, 2.05) is 0 Å². The number of benzene rings is 1. The molecule has 4 heteroatoms. The first-order chi connectivity index (χ1) is 6.86. The Morgan fingerprint density at radius 3 is 2.53 bits per heavy atom. The lowest BCUT2D eigenvalue weighted by molar-refractivity contribution is 0.186. The van der Waals surface area contributed by atoms with Crippen LogP contribution in [-0.4, -0.2) is 11.7 Å². The van der Waals surface area contributed by atoms with Crippen LogP contribution >= 0.6 is 11.6 Å². The zero-order chi connectivity index (χ0) is 11.6. The lowest BCUT2D eigenvalue weighted by atomic mass is 9.97. The molecule has 0 bridgehead atoms. The largest absolute Gasteiger partial charge is 0.387 e. The van der Waals surface area contributed by atoms with Gasteiger partial charge in [-0.3, -0.25) is 0 Å². The van der Waals surface area contributed by atoms with Crippen LogP contribution in [0.3, 0.4) is 0 Å². The maximum absolute atomic E-state index is 13.6. The quantitative estimate of drug-likeness (QED) is 0.840. The smallest absolute Gasteiger partial charge is 0.130 e. The summed E-state index contributed by atoms with van der Waals surface area (Å²) in [5, 5.41) is 9.84. The third-order valence-corrected chi connectivity index (χ3v) is 2.60. The van der Waals surface area contributed by atoms with Crippen molar-refractivity contribution in [3.8, 4) is 0 Å². The molecule has 15 heavy (non-hydrogen) atoms. The van der Waals surface area contributed by atoms with Gasteiger partial charge >= 0.3 is 0 Å². The standard InChI is InChI=1S/C11H15ClFNO/c1-11(2,13)7-3-4-8(9(12)5-7)10(15)6-14/h3-5,10,15H,6,14H2,1-2H3. The highest BCUT2D eigenvalue weighted by atomic mass is 35.5. The summed E-state index contributed by atoms with van der Waals surface area (Å²) < 4.78 is 13.6. The minimum atomic E-state index is -1.43. The van der Waals surface area contributed by atoms with Crippen molar-refractivity contribution in [3.63, 3.8) is 0 Å². The zero-order valence-corrected chi connectivity index (χ0v) is 9.55. The van der Waals surface area contributed by atoms with Gasteiger partial charge in [0, 0.05) is 17.1 Å². The van der Waals surface area contributed by atoms with Gasteiger partial charge in [-0.2, -0.15) is 0 Å². The van der Waals surface area contributed by atoms with E-state index >= 15 is 0 Å². The van der Waals surface area contributed by atoms with Crippen molar-refractivity contribution in [3.05, 3.63) is 34.3 Å². The summed E-state index contributed by atoms with van der Waals surface area (Å²) in [6.07, 6.45) is -0.797. The average Bonchev–Trinajstić information content (AvgIpc) is 2.15. The molecule has 0 fully saturated rings. The molecule has 84 valence electrons. The second-order valence-corrected chi connectivity index (χ2v) is 4.37. The molecular formula is C11H15ClFNO. The highest BCUT2D eigenvalue weighted by Gasteiger charge is 2.20. The monoisotopic (exact) mass is 231 g/mol. The molecular weight excluding hydrogens is 217 g/mol. The Labute approximate surface area is 93.9 Å². The fraction of sp³-hybridized carbons (Fsp3) is 0.455. The Bertz CT molecular complexity index is 349. The Morgan fingerprint density at radius 2 is 2.13 bits per heavy atom. The molecule has 1 aromatic rings. The third-order valence-electron chi connectivity index (χ3n) is 2.27. The minimum Gasteiger partial charge on any atom is -0.387 e. The number of aliphatic hydroxyl groups is 1. The van der Waals surface area contributed by atoms with Crippen LogP contribution < -0.4 is 5.73 Å². The van der Waals surface area contributed by atoms with Gasteiger partial charge in [0.25, 0.3) is 0 Å². The van der Waals surface area contributed by atoms with Crippen LogP contribution in [0.15, 0.2) is 18.2 Å². The second kappa shape index (κ2) is 4.47. The molecule has 1 unspecified atom stereocenters. The topological polar surface area (TPSA) is 46.2 Å². The van der Waals surface area contributed by atoms with Crippen LogP contribution in [0.1, 0.15) is 31.1 Å². The van der Waals surface area contributed by atoms with Gasteiger partial charge in [0.15, 0.2) is 0 Å². The second-order valence-electron chi connectivity index (χ2n) is 3.96. The van der Waals surface area contributed by atoms with Crippen LogP contribution in [0.4, 0.5) is 4.39 Å². The SMILES string of the molecule is CC(C)(F)c1ccc(C(O)CN)c(Cl)c1. The van der Waals surface area contributed by atoms with E-state index in [-0.39, 0.29) is 6.54 Å². The van der Waals surface area contributed by atoms with Gasteiger partial charge in [0.2, 0.25) is 0 Å². The third kappa shape index (κ3) is 2.91. The summed E-state index contributed by atoms with van der Waals surface area (Å²) in [7, 11) is 0. The van der Waals surface area contributed by atoms with Crippen LogP contribution in [-0.2, 0) is 5.67 Å². The van der Waals surface area contributed by atoms with Crippen molar-refractivity contribution < 1.29 is 9.50 Å². The molecule has 0 amide bonds. The molecule has 0 aliphatic carbocycles. The van der Waals surface area contributed by atoms with Crippen LogP contribution in [0.2, 0.25) is 5.02 Å². The predicted octanol–water partition coefficient (Wildman–Crippen LogP) is 2.54. The Hall–Kier alpha value is -0.640. The van der Waals surface area contributed by atoms with E-state index in [2.05, 4.69) is 0 Å². The van der Waals surface area contributed by atoms with E-state index in [0.29, 0.717) is 16.1 Å². The molecule has 3 N–H and O–H groups in total. The molecule has 0 saturated heterocycles. The van der Waals surface area contributed by atoms with Crippen LogP contribution in [0.5, 0.6) is 0 Å². The Morgan fingerprint density at radius 1 is 1.53 bits per heavy atom.